The van der Waals surface area contributed by atoms with Crippen LogP contribution in [0.15, 0.2) is 47.4 Å². The number of piperazine rings is 1. The number of anilines is 1. The number of amides is 1. The third-order valence-corrected chi connectivity index (χ3v) is 7.54. The predicted molar refractivity (Wildman–Crippen MR) is 121 cm³/mol. The first-order valence-electron chi connectivity index (χ1n) is 11.1. The topological polar surface area (TPSA) is 97.4 Å². The molecule has 2 aromatic rings. The van der Waals surface area contributed by atoms with E-state index < -0.39 is 10.0 Å². The summed E-state index contributed by atoms with van der Waals surface area (Å²) in [6, 6.07) is 11.0. The fourth-order valence-corrected chi connectivity index (χ4v) is 5.46. The average Bonchev–Trinajstić information content (AvgIpc) is 3.51. The van der Waals surface area contributed by atoms with Crippen molar-refractivity contribution >= 4 is 21.6 Å². The van der Waals surface area contributed by atoms with Gasteiger partial charge in [-0.15, -0.1) is 0 Å². The molecule has 176 valence electrons. The Morgan fingerprint density at radius 1 is 1.03 bits per heavy atom. The predicted octanol–water partition coefficient (Wildman–Crippen LogP) is 2.15. The highest BCUT2D eigenvalue weighted by atomic mass is 32.2. The molecule has 10 heteroatoms. The fraction of sp³-hybridized carbons (Fsp3) is 0.435. The number of benzene rings is 2. The normalized spacial score (nSPS) is 20.7. The van der Waals surface area contributed by atoms with Crippen LogP contribution in [0, 0.1) is 0 Å². The lowest BCUT2D eigenvalue weighted by Crippen LogP contribution is -2.50. The summed E-state index contributed by atoms with van der Waals surface area (Å²) in [4.78, 5) is 17.2. The smallest absolute Gasteiger partial charge is 0.261 e. The first-order chi connectivity index (χ1) is 16.0. The SMILES string of the molecule is O=C(c1cccc(S(=O)(=O)Nc2ccc3c(c2)OCO3)c1)N1CCN(CC2CCCO2)CC1. The molecule has 3 aliphatic heterocycles. The van der Waals surface area contributed by atoms with Gasteiger partial charge in [-0.2, -0.15) is 0 Å². The quantitative estimate of drug-likeness (QED) is 0.687. The Labute approximate surface area is 193 Å². The molecule has 0 aromatic heterocycles. The molecule has 2 saturated heterocycles. The maximum absolute atomic E-state index is 13.1. The van der Waals surface area contributed by atoms with Gasteiger partial charge in [-0.1, -0.05) is 6.07 Å². The molecule has 33 heavy (non-hydrogen) atoms. The maximum Gasteiger partial charge on any atom is 0.261 e. The molecule has 2 fully saturated rings. The van der Waals surface area contributed by atoms with E-state index in [9.17, 15) is 13.2 Å². The molecular weight excluding hydrogens is 446 g/mol. The van der Waals surface area contributed by atoms with Crippen LogP contribution in [-0.4, -0.2) is 76.4 Å². The zero-order chi connectivity index (χ0) is 22.8. The highest BCUT2D eigenvalue weighted by molar-refractivity contribution is 7.92. The van der Waals surface area contributed by atoms with Crippen LogP contribution in [0.2, 0.25) is 0 Å². The largest absolute Gasteiger partial charge is 0.454 e. The summed E-state index contributed by atoms with van der Waals surface area (Å²) < 4.78 is 44.7. The first kappa shape index (κ1) is 22.0. The number of nitrogens with one attached hydrogen (secondary N) is 1. The van der Waals surface area contributed by atoms with Crippen molar-refractivity contribution in [3.63, 3.8) is 0 Å². The fourth-order valence-electron chi connectivity index (χ4n) is 4.36. The number of rotatable bonds is 6. The minimum atomic E-state index is -3.88. The van der Waals surface area contributed by atoms with Gasteiger partial charge in [0.05, 0.1) is 16.7 Å². The van der Waals surface area contributed by atoms with Gasteiger partial charge in [-0.3, -0.25) is 14.4 Å². The first-order valence-corrected chi connectivity index (χ1v) is 12.6. The molecule has 2 aromatic carbocycles. The van der Waals surface area contributed by atoms with E-state index in [2.05, 4.69) is 9.62 Å². The van der Waals surface area contributed by atoms with Gasteiger partial charge < -0.3 is 19.1 Å². The summed E-state index contributed by atoms with van der Waals surface area (Å²) in [5.41, 5.74) is 0.717. The molecule has 1 amide bonds. The van der Waals surface area contributed by atoms with E-state index in [4.69, 9.17) is 14.2 Å². The van der Waals surface area contributed by atoms with Gasteiger partial charge in [0.2, 0.25) is 6.79 Å². The molecular formula is C23H27N3O6S. The third-order valence-electron chi connectivity index (χ3n) is 6.16. The van der Waals surface area contributed by atoms with E-state index in [0.29, 0.717) is 41.9 Å². The molecule has 0 radical (unpaired) electrons. The van der Waals surface area contributed by atoms with E-state index in [1.165, 1.54) is 12.1 Å². The van der Waals surface area contributed by atoms with E-state index in [1.54, 1.807) is 35.2 Å². The van der Waals surface area contributed by atoms with Crippen molar-refractivity contribution in [1.29, 1.82) is 0 Å². The number of nitrogens with zero attached hydrogens (tertiary/aromatic N) is 2. The van der Waals surface area contributed by atoms with Crippen LogP contribution in [0.3, 0.4) is 0 Å². The number of hydrogen-bond acceptors (Lipinski definition) is 7. The summed E-state index contributed by atoms with van der Waals surface area (Å²) in [6.07, 6.45) is 2.51. The lowest BCUT2D eigenvalue weighted by molar-refractivity contribution is 0.0432. The van der Waals surface area contributed by atoms with Gasteiger partial charge in [-0.25, -0.2) is 8.42 Å². The average molecular weight is 474 g/mol. The molecule has 3 aliphatic rings. The molecule has 0 bridgehead atoms. The second-order valence-electron chi connectivity index (χ2n) is 8.43. The van der Waals surface area contributed by atoms with Crippen molar-refractivity contribution in [1.82, 2.24) is 9.80 Å². The van der Waals surface area contributed by atoms with Crippen LogP contribution in [0.1, 0.15) is 23.2 Å². The monoisotopic (exact) mass is 473 g/mol. The third kappa shape index (κ3) is 4.92. The summed E-state index contributed by atoms with van der Waals surface area (Å²) >= 11 is 0. The standard InChI is InChI=1S/C23H27N3O6S/c27-23(26-10-8-25(9-11-26)15-19-4-2-12-30-19)17-3-1-5-20(13-17)33(28,29)24-18-6-7-21-22(14-18)32-16-31-21/h1,3,5-7,13-14,19,24H,2,4,8-12,15-16H2. The van der Waals surface area contributed by atoms with Crippen molar-refractivity contribution in [3.05, 3.63) is 48.0 Å². The molecule has 0 aliphatic carbocycles. The van der Waals surface area contributed by atoms with Crippen LogP contribution in [0.4, 0.5) is 5.69 Å². The Hall–Kier alpha value is -2.82. The molecule has 5 rings (SSSR count). The van der Waals surface area contributed by atoms with Crippen molar-refractivity contribution in [2.45, 2.75) is 23.8 Å². The Balaban J connectivity index is 1.23. The zero-order valence-electron chi connectivity index (χ0n) is 18.2. The summed E-state index contributed by atoms with van der Waals surface area (Å²) in [6.45, 7) is 4.64. The van der Waals surface area contributed by atoms with E-state index in [0.717, 1.165) is 39.1 Å². The number of ether oxygens (including phenoxy) is 3. The maximum atomic E-state index is 13.1. The van der Waals surface area contributed by atoms with Gasteiger partial charge in [0, 0.05) is 51.0 Å². The Kier molecular flexibility index (Phi) is 6.13. The van der Waals surface area contributed by atoms with Crippen molar-refractivity contribution in [2.75, 3.05) is 50.8 Å². The number of sulfonamides is 1. The van der Waals surface area contributed by atoms with Crippen LogP contribution in [0.5, 0.6) is 11.5 Å². The van der Waals surface area contributed by atoms with Crippen molar-refractivity contribution < 1.29 is 27.4 Å². The highest BCUT2D eigenvalue weighted by Gasteiger charge is 2.26. The zero-order valence-corrected chi connectivity index (χ0v) is 19.1. The molecule has 0 spiro atoms. The van der Waals surface area contributed by atoms with Crippen molar-refractivity contribution in [3.8, 4) is 11.5 Å². The number of fused-ring (bicyclic) bond motifs is 1. The Morgan fingerprint density at radius 3 is 2.64 bits per heavy atom. The lowest BCUT2D eigenvalue weighted by Gasteiger charge is -2.35. The van der Waals surface area contributed by atoms with Gasteiger partial charge in [-0.05, 0) is 43.2 Å². The van der Waals surface area contributed by atoms with Gasteiger partial charge in [0.15, 0.2) is 11.5 Å². The Morgan fingerprint density at radius 2 is 1.85 bits per heavy atom. The van der Waals surface area contributed by atoms with E-state index in [1.807, 2.05) is 0 Å². The van der Waals surface area contributed by atoms with Crippen LogP contribution < -0.4 is 14.2 Å². The van der Waals surface area contributed by atoms with E-state index >= 15 is 0 Å². The summed E-state index contributed by atoms with van der Waals surface area (Å²) in [7, 11) is -3.88. The molecule has 1 atom stereocenters. The number of carbonyl (C=O) groups is 1. The minimum absolute atomic E-state index is 0.0306. The molecule has 3 heterocycles. The minimum Gasteiger partial charge on any atom is -0.454 e. The number of carbonyl (C=O) groups excluding carboxylic acids is 1. The van der Waals surface area contributed by atoms with Crippen LogP contribution in [-0.2, 0) is 14.8 Å². The van der Waals surface area contributed by atoms with Gasteiger partial charge in [0.25, 0.3) is 15.9 Å². The van der Waals surface area contributed by atoms with Crippen molar-refractivity contribution in [2.24, 2.45) is 0 Å². The van der Waals surface area contributed by atoms with Crippen LogP contribution >= 0.6 is 0 Å². The molecule has 9 nitrogen and oxygen atoms in total. The lowest BCUT2D eigenvalue weighted by atomic mass is 10.1. The summed E-state index contributed by atoms with van der Waals surface area (Å²) in [5.74, 6) is 0.895. The second kappa shape index (κ2) is 9.20. The molecule has 1 unspecified atom stereocenters. The number of hydrogen-bond donors (Lipinski definition) is 1. The van der Waals surface area contributed by atoms with Gasteiger partial charge >= 0.3 is 0 Å². The molecule has 0 saturated carbocycles. The van der Waals surface area contributed by atoms with Gasteiger partial charge in [0.1, 0.15) is 0 Å². The van der Waals surface area contributed by atoms with E-state index in [-0.39, 0.29) is 17.6 Å². The Bertz CT molecular complexity index is 1120. The second-order valence-corrected chi connectivity index (χ2v) is 10.1. The summed E-state index contributed by atoms with van der Waals surface area (Å²) in [5, 5.41) is 0. The molecule has 1 N–H and O–H groups in total. The highest BCUT2D eigenvalue weighted by Crippen LogP contribution is 2.34. The van der Waals surface area contributed by atoms with Crippen LogP contribution in [0.25, 0.3) is 0 Å².